The summed E-state index contributed by atoms with van der Waals surface area (Å²) in [6.07, 6.45) is 7.21. The predicted molar refractivity (Wildman–Crippen MR) is 83.2 cm³/mol. The fourth-order valence-corrected chi connectivity index (χ4v) is 5.54. The minimum absolute atomic E-state index is 0.137. The van der Waals surface area contributed by atoms with Gasteiger partial charge in [-0.2, -0.15) is 4.98 Å². The third-order valence-corrected chi connectivity index (χ3v) is 6.03. The number of anilines is 1. The largest absolute Gasteiger partial charge is 0.423 e. The maximum absolute atomic E-state index is 12.9. The average Bonchev–Trinajstić information content (AvgIpc) is 2.88. The molecule has 4 nitrogen and oxygen atoms in total. The standard InChI is InChI=1S/C18H20N2O2/c21-16(20-17-19-14-3-1-2-4-15(14)22-17)18-8-11-5-12(9-18)7-13(6-11)10-18/h1-4,11-13H,5-10H2,(H,19,20,21). The van der Waals surface area contributed by atoms with Crippen molar-refractivity contribution in [2.45, 2.75) is 38.5 Å². The lowest BCUT2D eigenvalue weighted by Gasteiger charge is -2.55. The second-order valence-electron chi connectivity index (χ2n) is 7.64. The molecule has 0 atom stereocenters. The van der Waals surface area contributed by atoms with Gasteiger partial charge in [0.1, 0.15) is 5.52 Å². The first-order chi connectivity index (χ1) is 10.7. The van der Waals surface area contributed by atoms with Crippen LogP contribution in [0.1, 0.15) is 38.5 Å². The first-order valence-corrected chi connectivity index (χ1v) is 8.37. The van der Waals surface area contributed by atoms with Crippen molar-refractivity contribution in [2.75, 3.05) is 5.32 Å². The van der Waals surface area contributed by atoms with Gasteiger partial charge in [0.2, 0.25) is 5.91 Å². The summed E-state index contributed by atoms with van der Waals surface area (Å²) >= 11 is 0. The fourth-order valence-electron chi connectivity index (χ4n) is 5.54. The number of nitrogens with one attached hydrogen (secondary N) is 1. The lowest BCUT2D eigenvalue weighted by atomic mass is 9.49. The van der Waals surface area contributed by atoms with Gasteiger partial charge in [-0.05, 0) is 68.4 Å². The second-order valence-corrected chi connectivity index (χ2v) is 7.64. The lowest BCUT2D eigenvalue weighted by Crippen LogP contribution is -2.51. The smallest absolute Gasteiger partial charge is 0.302 e. The molecule has 0 radical (unpaired) electrons. The summed E-state index contributed by atoms with van der Waals surface area (Å²) in [6, 6.07) is 7.97. The molecule has 4 aliphatic carbocycles. The molecule has 114 valence electrons. The summed E-state index contributed by atoms with van der Waals surface area (Å²) in [5.74, 6) is 2.43. The number of aromatic nitrogens is 1. The highest BCUT2D eigenvalue weighted by atomic mass is 16.4. The van der Waals surface area contributed by atoms with Gasteiger partial charge in [-0.25, -0.2) is 0 Å². The van der Waals surface area contributed by atoms with Crippen molar-refractivity contribution in [3.63, 3.8) is 0 Å². The minimum Gasteiger partial charge on any atom is -0.423 e. The first-order valence-electron chi connectivity index (χ1n) is 8.37. The molecule has 4 bridgehead atoms. The first kappa shape index (κ1) is 12.7. The Balaban J connectivity index is 1.42. The molecule has 2 aromatic rings. The Bertz CT molecular complexity index is 680. The van der Waals surface area contributed by atoms with Gasteiger partial charge in [0.05, 0.1) is 5.41 Å². The van der Waals surface area contributed by atoms with Gasteiger partial charge in [0, 0.05) is 0 Å². The van der Waals surface area contributed by atoms with Gasteiger partial charge < -0.3 is 4.42 Å². The number of benzene rings is 1. The molecule has 22 heavy (non-hydrogen) atoms. The zero-order valence-corrected chi connectivity index (χ0v) is 12.5. The number of carbonyl (C=O) groups is 1. The Labute approximate surface area is 129 Å². The summed E-state index contributed by atoms with van der Waals surface area (Å²) in [5, 5.41) is 2.97. The quantitative estimate of drug-likeness (QED) is 0.912. The van der Waals surface area contributed by atoms with E-state index in [4.69, 9.17) is 4.42 Å². The van der Waals surface area contributed by atoms with Crippen LogP contribution in [0.5, 0.6) is 0 Å². The van der Waals surface area contributed by atoms with Gasteiger partial charge in [-0.15, -0.1) is 0 Å². The molecule has 4 saturated carbocycles. The van der Waals surface area contributed by atoms with Crippen molar-refractivity contribution in [1.29, 1.82) is 0 Å². The van der Waals surface area contributed by atoms with E-state index in [1.165, 1.54) is 19.3 Å². The van der Waals surface area contributed by atoms with Gasteiger partial charge in [-0.3, -0.25) is 10.1 Å². The minimum atomic E-state index is -0.157. The third kappa shape index (κ3) is 1.82. The Morgan fingerprint density at radius 1 is 1.09 bits per heavy atom. The molecular weight excluding hydrogens is 276 g/mol. The van der Waals surface area contributed by atoms with Crippen molar-refractivity contribution in [3.8, 4) is 0 Å². The molecule has 0 aliphatic heterocycles. The van der Waals surface area contributed by atoms with Crippen LogP contribution >= 0.6 is 0 Å². The normalized spacial score (nSPS) is 35.9. The van der Waals surface area contributed by atoms with Crippen molar-refractivity contribution in [3.05, 3.63) is 24.3 Å². The van der Waals surface area contributed by atoms with Crippen LogP contribution in [0.4, 0.5) is 6.01 Å². The van der Waals surface area contributed by atoms with Crippen molar-refractivity contribution < 1.29 is 9.21 Å². The monoisotopic (exact) mass is 296 g/mol. The van der Waals surface area contributed by atoms with Gasteiger partial charge in [-0.1, -0.05) is 12.1 Å². The van der Waals surface area contributed by atoms with E-state index in [0.717, 1.165) is 48.1 Å². The summed E-state index contributed by atoms with van der Waals surface area (Å²) in [4.78, 5) is 17.3. The number of hydrogen-bond donors (Lipinski definition) is 1. The molecular formula is C18H20N2O2. The van der Waals surface area contributed by atoms with Crippen LogP contribution in [0, 0.1) is 23.2 Å². The van der Waals surface area contributed by atoms with E-state index >= 15 is 0 Å². The molecule has 1 aromatic heterocycles. The summed E-state index contributed by atoms with van der Waals surface area (Å²) in [7, 11) is 0. The highest BCUT2D eigenvalue weighted by Crippen LogP contribution is 2.60. The Morgan fingerprint density at radius 3 is 2.36 bits per heavy atom. The Morgan fingerprint density at radius 2 is 1.73 bits per heavy atom. The van der Waals surface area contributed by atoms with E-state index in [0.29, 0.717) is 6.01 Å². The van der Waals surface area contributed by atoms with E-state index in [1.807, 2.05) is 24.3 Å². The van der Waals surface area contributed by atoms with Crippen LogP contribution in [0.25, 0.3) is 11.1 Å². The number of para-hydroxylation sites is 2. The number of carbonyl (C=O) groups excluding carboxylic acids is 1. The van der Waals surface area contributed by atoms with Crippen molar-refractivity contribution >= 4 is 23.0 Å². The summed E-state index contributed by atoms with van der Waals surface area (Å²) in [6.45, 7) is 0. The van der Waals surface area contributed by atoms with Gasteiger partial charge in [0.25, 0.3) is 0 Å². The van der Waals surface area contributed by atoms with Crippen LogP contribution < -0.4 is 5.32 Å². The number of nitrogens with zero attached hydrogens (tertiary/aromatic N) is 1. The second kappa shape index (κ2) is 4.34. The Hall–Kier alpha value is -1.84. The number of rotatable bonds is 2. The summed E-state index contributed by atoms with van der Waals surface area (Å²) in [5.41, 5.74) is 1.36. The van der Waals surface area contributed by atoms with Crippen molar-refractivity contribution in [1.82, 2.24) is 4.98 Å². The highest BCUT2D eigenvalue weighted by molar-refractivity contribution is 5.94. The van der Waals surface area contributed by atoms with Crippen molar-refractivity contribution in [2.24, 2.45) is 23.2 Å². The van der Waals surface area contributed by atoms with E-state index in [1.54, 1.807) is 0 Å². The van der Waals surface area contributed by atoms with Gasteiger partial charge in [0.15, 0.2) is 5.58 Å². The molecule has 4 heteroatoms. The molecule has 6 rings (SSSR count). The summed E-state index contributed by atoms with van der Waals surface area (Å²) < 4.78 is 5.66. The SMILES string of the molecule is O=C(Nc1nc2ccccc2o1)C12CC3CC(CC(C3)C1)C2. The maximum Gasteiger partial charge on any atom is 0.302 e. The molecule has 1 amide bonds. The van der Waals surface area contributed by atoms with Crippen LogP contribution in [-0.2, 0) is 4.79 Å². The number of oxazole rings is 1. The van der Waals surface area contributed by atoms with E-state index in [9.17, 15) is 4.79 Å². The number of hydrogen-bond acceptors (Lipinski definition) is 3. The maximum atomic E-state index is 12.9. The molecule has 0 unspecified atom stereocenters. The molecule has 1 N–H and O–H groups in total. The highest BCUT2D eigenvalue weighted by Gasteiger charge is 2.54. The van der Waals surface area contributed by atoms with Crippen LogP contribution in [-0.4, -0.2) is 10.9 Å². The van der Waals surface area contributed by atoms with E-state index < -0.39 is 0 Å². The molecule has 0 saturated heterocycles. The lowest BCUT2D eigenvalue weighted by molar-refractivity contribution is -0.140. The topological polar surface area (TPSA) is 55.1 Å². The molecule has 1 aromatic carbocycles. The van der Waals surface area contributed by atoms with E-state index in [-0.39, 0.29) is 11.3 Å². The molecule has 1 heterocycles. The fraction of sp³-hybridized carbons (Fsp3) is 0.556. The average molecular weight is 296 g/mol. The molecule has 4 aliphatic rings. The number of amides is 1. The third-order valence-electron chi connectivity index (χ3n) is 6.03. The zero-order chi connectivity index (χ0) is 14.7. The molecule has 4 fully saturated rings. The predicted octanol–water partition coefficient (Wildman–Crippen LogP) is 3.98. The van der Waals surface area contributed by atoms with Crippen LogP contribution in [0.15, 0.2) is 28.7 Å². The number of fused-ring (bicyclic) bond motifs is 1. The van der Waals surface area contributed by atoms with E-state index in [2.05, 4.69) is 10.3 Å². The van der Waals surface area contributed by atoms with Crippen LogP contribution in [0.2, 0.25) is 0 Å². The van der Waals surface area contributed by atoms with Gasteiger partial charge >= 0.3 is 6.01 Å². The molecule has 0 spiro atoms. The Kier molecular flexibility index (Phi) is 2.50. The zero-order valence-electron chi connectivity index (χ0n) is 12.5. The van der Waals surface area contributed by atoms with Crippen LogP contribution in [0.3, 0.4) is 0 Å².